The number of aromatic nitrogens is 3. The summed E-state index contributed by atoms with van der Waals surface area (Å²) in [6, 6.07) is 15.8. The average molecular weight is 556 g/mol. The van der Waals surface area contributed by atoms with E-state index in [1.54, 1.807) is 13.8 Å². The van der Waals surface area contributed by atoms with Gasteiger partial charge in [0, 0.05) is 53.7 Å². The Morgan fingerprint density at radius 2 is 1.80 bits per heavy atom. The second-order valence-corrected chi connectivity index (χ2v) is 13.7. The van der Waals surface area contributed by atoms with Gasteiger partial charge in [-0.05, 0) is 84.0 Å². The first-order valence-corrected chi connectivity index (χ1v) is 14.8. The number of ether oxygens (including phenoxy) is 1. The maximum atomic E-state index is 10.7. The van der Waals surface area contributed by atoms with Gasteiger partial charge in [-0.2, -0.15) is 4.98 Å². The highest BCUT2D eigenvalue weighted by Crippen LogP contribution is 2.53. The number of likely N-dealkylation sites (N-methyl/N-ethyl adjacent to an activating group) is 1. The number of hydrogen-bond acceptors (Lipinski definition) is 9. The van der Waals surface area contributed by atoms with E-state index in [9.17, 15) is 5.11 Å². The van der Waals surface area contributed by atoms with E-state index in [1.165, 1.54) is 12.1 Å². The van der Waals surface area contributed by atoms with Gasteiger partial charge in [0.2, 0.25) is 5.95 Å². The number of likely N-dealkylation sites (tertiary alicyclic amines) is 1. The Morgan fingerprint density at radius 3 is 2.49 bits per heavy atom. The number of aliphatic hydroxyl groups is 1. The molecule has 4 aliphatic rings. The summed E-state index contributed by atoms with van der Waals surface area (Å²) in [7, 11) is 2.23. The molecule has 0 amide bonds. The Balaban J connectivity index is 1.21. The molecule has 2 N–H and O–H groups in total. The zero-order valence-corrected chi connectivity index (χ0v) is 24.9. The van der Waals surface area contributed by atoms with Crippen molar-refractivity contribution in [3.8, 4) is 0 Å². The Kier molecular flexibility index (Phi) is 5.92. The van der Waals surface area contributed by atoms with Crippen molar-refractivity contribution in [2.75, 3.05) is 41.9 Å². The van der Waals surface area contributed by atoms with Crippen molar-refractivity contribution >= 4 is 29.0 Å². The monoisotopic (exact) mass is 555 g/mol. The second-order valence-electron chi connectivity index (χ2n) is 13.7. The molecule has 4 aliphatic heterocycles. The minimum absolute atomic E-state index is 0.0875. The van der Waals surface area contributed by atoms with Crippen molar-refractivity contribution in [1.82, 2.24) is 19.9 Å². The molecule has 7 rings (SSSR count). The number of fused-ring (bicyclic) bond motifs is 5. The Bertz CT molecular complexity index is 1470. The standard InChI is InChI=1S/C32H41N7O2/c1-30(2)15-26-32(5,19-41-30)24-16-33-29(36-28(24)39(26)27-9-7-8-25(35-27)31(3,4)40)34-20-10-12-21(13-11-20)38-18-22-14-23(38)17-37(22)6/h7-13,16,22-23,26,40H,14-15,17-19H2,1-6H3,(H,33,34,36)/t22-,23-,26?,32+/m0/s1. The van der Waals surface area contributed by atoms with Gasteiger partial charge in [-0.1, -0.05) is 13.0 Å². The molecule has 2 aromatic heterocycles. The lowest BCUT2D eigenvalue weighted by Gasteiger charge is -2.46. The summed E-state index contributed by atoms with van der Waals surface area (Å²) in [6.45, 7) is 12.9. The van der Waals surface area contributed by atoms with Crippen LogP contribution >= 0.6 is 0 Å². The molecule has 3 saturated heterocycles. The fourth-order valence-electron chi connectivity index (χ4n) is 7.21. The van der Waals surface area contributed by atoms with Crippen LogP contribution in [-0.2, 0) is 15.8 Å². The second kappa shape index (κ2) is 9.11. The molecule has 0 saturated carbocycles. The molecule has 1 aromatic carbocycles. The Hall–Kier alpha value is -3.27. The van der Waals surface area contributed by atoms with Crippen LogP contribution in [0.4, 0.5) is 29.0 Å². The van der Waals surface area contributed by atoms with Gasteiger partial charge in [0.1, 0.15) is 17.2 Å². The summed E-state index contributed by atoms with van der Waals surface area (Å²) in [5, 5.41) is 14.2. The minimum atomic E-state index is -1.05. The van der Waals surface area contributed by atoms with Crippen molar-refractivity contribution < 1.29 is 9.84 Å². The van der Waals surface area contributed by atoms with Crippen molar-refractivity contribution in [2.24, 2.45) is 0 Å². The number of piperazine rings is 1. The van der Waals surface area contributed by atoms with Gasteiger partial charge in [0.05, 0.1) is 23.9 Å². The number of rotatable bonds is 5. The number of nitrogens with one attached hydrogen (secondary N) is 1. The van der Waals surface area contributed by atoms with Crippen LogP contribution < -0.4 is 15.1 Å². The lowest BCUT2D eigenvalue weighted by molar-refractivity contribution is -0.0893. The van der Waals surface area contributed by atoms with Gasteiger partial charge in [-0.25, -0.2) is 9.97 Å². The van der Waals surface area contributed by atoms with Gasteiger partial charge < -0.3 is 25.0 Å². The van der Waals surface area contributed by atoms with Gasteiger partial charge in [-0.15, -0.1) is 0 Å². The van der Waals surface area contributed by atoms with Crippen LogP contribution in [0.5, 0.6) is 0 Å². The van der Waals surface area contributed by atoms with E-state index in [2.05, 4.69) is 72.1 Å². The largest absolute Gasteiger partial charge is 0.384 e. The molecule has 6 heterocycles. The molecule has 216 valence electrons. The summed E-state index contributed by atoms with van der Waals surface area (Å²) < 4.78 is 6.34. The zero-order chi connectivity index (χ0) is 28.7. The highest BCUT2D eigenvalue weighted by Gasteiger charge is 2.55. The molecule has 2 bridgehead atoms. The predicted octanol–water partition coefficient (Wildman–Crippen LogP) is 4.71. The molecule has 0 radical (unpaired) electrons. The van der Waals surface area contributed by atoms with Crippen molar-refractivity contribution in [1.29, 1.82) is 0 Å². The molecule has 0 spiro atoms. The fourth-order valence-corrected chi connectivity index (χ4v) is 7.21. The van der Waals surface area contributed by atoms with E-state index >= 15 is 0 Å². The van der Waals surface area contributed by atoms with E-state index in [1.807, 2.05) is 24.4 Å². The first kappa shape index (κ1) is 26.6. The number of nitrogens with zero attached hydrogens (tertiary/aromatic N) is 6. The third-order valence-electron chi connectivity index (χ3n) is 9.68. The van der Waals surface area contributed by atoms with Gasteiger partial charge in [-0.3, -0.25) is 4.90 Å². The van der Waals surface area contributed by atoms with Crippen molar-refractivity contribution in [2.45, 2.75) is 82.2 Å². The third kappa shape index (κ3) is 4.45. The lowest BCUT2D eigenvalue weighted by atomic mass is 9.73. The normalized spacial score (nSPS) is 28.6. The van der Waals surface area contributed by atoms with Gasteiger partial charge in [0.25, 0.3) is 0 Å². The topological polar surface area (TPSA) is 89.9 Å². The zero-order valence-electron chi connectivity index (χ0n) is 24.9. The number of hydrogen-bond donors (Lipinski definition) is 2. The van der Waals surface area contributed by atoms with Crippen LogP contribution in [0, 0.1) is 0 Å². The highest BCUT2D eigenvalue weighted by molar-refractivity contribution is 5.71. The maximum Gasteiger partial charge on any atom is 0.229 e. The smallest absolute Gasteiger partial charge is 0.229 e. The van der Waals surface area contributed by atoms with Crippen LogP contribution in [0.3, 0.4) is 0 Å². The molecule has 9 nitrogen and oxygen atoms in total. The van der Waals surface area contributed by atoms with E-state index in [0.717, 1.165) is 42.4 Å². The van der Waals surface area contributed by atoms with Crippen molar-refractivity contribution in [3.05, 3.63) is 59.9 Å². The van der Waals surface area contributed by atoms with Crippen LogP contribution in [0.2, 0.25) is 0 Å². The SMILES string of the molecule is CN1C[C@@H]2C[C@H]1CN2c1ccc(Nc2ncc3c(n2)N(c2cccc(C(C)(C)O)n2)C2CC(C)(C)OC[C@]32C)cc1. The highest BCUT2D eigenvalue weighted by atomic mass is 16.5. The molecular formula is C32H41N7O2. The fraction of sp³-hybridized carbons (Fsp3) is 0.531. The molecule has 9 heteroatoms. The lowest BCUT2D eigenvalue weighted by Crippen LogP contribution is -2.54. The van der Waals surface area contributed by atoms with Crippen LogP contribution in [-0.4, -0.2) is 75.4 Å². The molecule has 1 unspecified atom stereocenters. The summed E-state index contributed by atoms with van der Waals surface area (Å²) in [5.41, 5.74) is 2.29. The van der Waals surface area contributed by atoms with Crippen LogP contribution in [0.25, 0.3) is 0 Å². The summed E-state index contributed by atoms with van der Waals surface area (Å²) in [6.07, 6.45) is 4.02. The molecule has 3 aromatic rings. The summed E-state index contributed by atoms with van der Waals surface area (Å²) in [4.78, 5) is 22.0. The Labute approximate surface area is 242 Å². The predicted molar refractivity (Wildman–Crippen MR) is 161 cm³/mol. The number of anilines is 5. The molecule has 3 fully saturated rings. The average Bonchev–Trinajstić information content (AvgIpc) is 3.57. The maximum absolute atomic E-state index is 10.7. The first-order valence-electron chi connectivity index (χ1n) is 14.8. The molecular weight excluding hydrogens is 514 g/mol. The molecule has 41 heavy (non-hydrogen) atoms. The number of benzene rings is 1. The van der Waals surface area contributed by atoms with E-state index in [-0.39, 0.29) is 17.1 Å². The van der Waals surface area contributed by atoms with Gasteiger partial charge in [0.15, 0.2) is 0 Å². The van der Waals surface area contributed by atoms with E-state index in [4.69, 9.17) is 19.7 Å². The molecule has 0 aliphatic carbocycles. The summed E-state index contributed by atoms with van der Waals surface area (Å²) in [5.74, 6) is 2.16. The van der Waals surface area contributed by atoms with E-state index < -0.39 is 5.60 Å². The minimum Gasteiger partial charge on any atom is -0.384 e. The van der Waals surface area contributed by atoms with E-state index in [0.29, 0.717) is 30.3 Å². The third-order valence-corrected chi connectivity index (χ3v) is 9.68. The quantitative estimate of drug-likeness (QED) is 0.464. The van der Waals surface area contributed by atoms with Crippen LogP contribution in [0.1, 0.15) is 58.7 Å². The van der Waals surface area contributed by atoms with Crippen molar-refractivity contribution in [3.63, 3.8) is 0 Å². The number of pyridine rings is 1. The Morgan fingerprint density at radius 1 is 1.02 bits per heavy atom. The van der Waals surface area contributed by atoms with Crippen LogP contribution in [0.15, 0.2) is 48.7 Å². The summed E-state index contributed by atoms with van der Waals surface area (Å²) >= 11 is 0. The first-order chi connectivity index (χ1) is 19.4. The molecule has 4 atom stereocenters. The van der Waals surface area contributed by atoms with Gasteiger partial charge >= 0.3 is 0 Å².